The summed E-state index contributed by atoms with van der Waals surface area (Å²) in [6.45, 7) is 1.62. The first-order valence-corrected chi connectivity index (χ1v) is 7.65. The lowest BCUT2D eigenvalue weighted by atomic mass is 10.1. The Morgan fingerprint density at radius 1 is 1.20 bits per heavy atom. The molecular weight excluding hydrogens is 330 g/mol. The van der Waals surface area contributed by atoms with E-state index in [-0.39, 0.29) is 18.4 Å². The zero-order chi connectivity index (χ0) is 18.1. The molecule has 0 aromatic heterocycles. The molecule has 0 bridgehead atoms. The van der Waals surface area contributed by atoms with Gasteiger partial charge in [-0.25, -0.2) is 8.78 Å². The van der Waals surface area contributed by atoms with Gasteiger partial charge in [-0.1, -0.05) is 6.07 Å². The van der Waals surface area contributed by atoms with E-state index in [0.717, 1.165) is 12.1 Å². The van der Waals surface area contributed by atoms with Crippen molar-refractivity contribution in [1.82, 2.24) is 4.90 Å². The summed E-state index contributed by atoms with van der Waals surface area (Å²) < 4.78 is 31.8. The highest BCUT2D eigenvalue weighted by Crippen LogP contribution is 2.30. The number of hydrogen-bond donors (Lipinski definition) is 1. The number of hydrogen-bond acceptors (Lipinski definition) is 3. The van der Waals surface area contributed by atoms with Gasteiger partial charge in [0.2, 0.25) is 0 Å². The van der Waals surface area contributed by atoms with Crippen molar-refractivity contribution in [3.8, 4) is 5.75 Å². The SMILES string of the molecule is C[C@H](c1ccc(F)c(F)c1)N(C)C(=O)c1ccc2c(c1)OCC(=O)N2. The minimum absolute atomic E-state index is 0.105. The number of nitrogens with one attached hydrogen (secondary N) is 1. The maximum Gasteiger partial charge on any atom is 0.262 e. The summed E-state index contributed by atoms with van der Waals surface area (Å²) >= 11 is 0. The maximum atomic E-state index is 13.4. The minimum Gasteiger partial charge on any atom is -0.482 e. The van der Waals surface area contributed by atoms with E-state index in [1.165, 1.54) is 11.0 Å². The van der Waals surface area contributed by atoms with Crippen molar-refractivity contribution >= 4 is 17.5 Å². The van der Waals surface area contributed by atoms with Gasteiger partial charge in [0.05, 0.1) is 11.7 Å². The Morgan fingerprint density at radius 3 is 2.68 bits per heavy atom. The van der Waals surface area contributed by atoms with Crippen LogP contribution in [0.5, 0.6) is 5.75 Å². The van der Waals surface area contributed by atoms with Crippen LogP contribution in [0.4, 0.5) is 14.5 Å². The highest BCUT2D eigenvalue weighted by Gasteiger charge is 2.23. The molecule has 0 unspecified atom stereocenters. The van der Waals surface area contributed by atoms with Crippen molar-refractivity contribution in [3.63, 3.8) is 0 Å². The van der Waals surface area contributed by atoms with Gasteiger partial charge in [-0.15, -0.1) is 0 Å². The van der Waals surface area contributed by atoms with E-state index < -0.39 is 17.7 Å². The molecule has 1 aliphatic heterocycles. The number of halogens is 2. The Hall–Kier alpha value is -2.96. The van der Waals surface area contributed by atoms with Crippen molar-refractivity contribution in [2.45, 2.75) is 13.0 Å². The molecule has 7 heteroatoms. The predicted octanol–water partition coefficient (Wildman–Crippen LogP) is 3.13. The molecule has 5 nitrogen and oxygen atoms in total. The van der Waals surface area contributed by atoms with Gasteiger partial charge in [0, 0.05) is 12.6 Å². The Bertz CT molecular complexity index is 854. The van der Waals surface area contributed by atoms with Crippen LogP contribution in [0, 0.1) is 11.6 Å². The summed E-state index contributed by atoms with van der Waals surface area (Å²) in [6.07, 6.45) is 0. The Kier molecular flexibility index (Phi) is 4.39. The fraction of sp³-hybridized carbons (Fsp3) is 0.222. The van der Waals surface area contributed by atoms with Crippen molar-refractivity contribution in [2.75, 3.05) is 19.0 Å². The number of carbonyl (C=O) groups excluding carboxylic acids is 2. The zero-order valence-corrected chi connectivity index (χ0v) is 13.7. The third kappa shape index (κ3) is 3.31. The number of rotatable bonds is 3. The van der Waals surface area contributed by atoms with Crippen LogP contribution in [0.2, 0.25) is 0 Å². The van der Waals surface area contributed by atoms with E-state index >= 15 is 0 Å². The lowest BCUT2D eigenvalue weighted by Crippen LogP contribution is -2.30. The van der Waals surface area contributed by atoms with E-state index in [1.807, 2.05) is 0 Å². The van der Waals surface area contributed by atoms with E-state index in [1.54, 1.807) is 32.2 Å². The van der Waals surface area contributed by atoms with E-state index in [9.17, 15) is 18.4 Å². The quantitative estimate of drug-likeness (QED) is 0.929. The number of amides is 2. The third-order valence-electron chi connectivity index (χ3n) is 4.19. The molecule has 1 atom stereocenters. The van der Waals surface area contributed by atoms with Gasteiger partial charge >= 0.3 is 0 Å². The topological polar surface area (TPSA) is 58.6 Å². The molecule has 0 saturated heterocycles. The van der Waals surface area contributed by atoms with Gasteiger partial charge in [-0.2, -0.15) is 0 Å². The van der Waals surface area contributed by atoms with E-state index in [0.29, 0.717) is 22.6 Å². The van der Waals surface area contributed by atoms with Gasteiger partial charge in [0.1, 0.15) is 5.75 Å². The zero-order valence-electron chi connectivity index (χ0n) is 13.7. The van der Waals surface area contributed by atoms with Crippen LogP contribution >= 0.6 is 0 Å². The second kappa shape index (κ2) is 6.51. The summed E-state index contributed by atoms with van der Waals surface area (Å²) in [5.74, 6) is -2.03. The van der Waals surface area contributed by atoms with Gasteiger partial charge in [0.25, 0.3) is 11.8 Å². The third-order valence-corrected chi connectivity index (χ3v) is 4.19. The fourth-order valence-electron chi connectivity index (χ4n) is 2.58. The molecule has 0 saturated carbocycles. The molecule has 1 aliphatic rings. The van der Waals surface area contributed by atoms with Crippen molar-refractivity contribution < 1.29 is 23.1 Å². The van der Waals surface area contributed by atoms with Crippen LogP contribution < -0.4 is 10.1 Å². The first-order chi connectivity index (χ1) is 11.9. The number of carbonyl (C=O) groups is 2. The Labute approximate surface area is 143 Å². The molecule has 2 aromatic rings. The molecule has 1 heterocycles. The molecule has 25 heavy (non-hydrogen) atoms. The van der Waals surface area contributed by atoms with Gasteiger partial charge in [-0.3, -0.25) is 9.59 Å². The van der Waals surface area contributed by atoms with Crippen molar-refractivity contribution in [1.29, 1.82) is 0 Å². The number of anilines is 1. The predicted molar refractivity (Wildman–Crippen MR) is 87.4 cm³/mol. The van der Waals surface area contributed by atoms with Gasteiger partial charge in [-0.05, 0) is 42.8 Å². The second-order valence-corrected chi connectivity index (χ2v) is 5.81. The smallest absolute Gasteiger partial charge is 0.262 e. The summed E-state index contributed by atoms with van der Waals surface area (Å²) in [5.41, 5.74) is 1.35. The first kappa shape index (κ1) is 16.9. The molecule has 0 radical (unpaired) electrons. The summed E-state index contributed by atoms with van der Waals surface area (Å²) in [4.78, 5) is 25.4. The molecule has 2 aromatic carbocycles. The monoisotopic (exact) mass is 346 g/mol. The van der Waals surface area contributed by atoms with Gasteiger partial charge < -0.3 is 15.0 Å². The molecule has 2 amide bonds. The van der Waals surface area contributed by atoms with Crippen molar-refractivity contribution in [3.05, 3.63) is 59.2 Å². The largest absolute Gasteiger partial charge is 0.482 e. The first-order valence-electron chi connectivity index (χ1n) is 7.65. The van der Waals surface area contributed by atoms with E-state index in [2.05, 4.69) is 5.32 Å². The lowest BCUT2D eigenvalue weighted by molar-refractivity contribution is -0.118. The molecule has 0 spiro atoms. The summed E-state index contributed by atoms with van der Waals surface area (Å²) in [5, 5.41) is 2.65. The van der Waals surface area contributed by atoms with Crippen LogP contribution in [0.15, 0.2) is 36.4 Å². The highest BCUT2D eigenvalue weighted by atomic mass is 19.2. The standard InChI is InChI=1S/C18H16F2N2O3/c1-10(11-3-5-13(19)14(20)7-11)22(2)18(24)12-4-6-15-16(8-12)25-9-17(23)21-15/h3-8,10H,9H2,1-2H3,(H,21,23)/t10-/m1/s1. The number of nitrogens with zero attached hydrogens (tertiary/aromatic N) is 1. The van der Waals surface area contributed by atoms with Crippen LogP contribution in [0.1, 0.15) is 28.9 Å². The summed E-state index contributed by atoms with van der Waals surface area (Å²) in [7, 11) is 1.58. The normalized spacial score (nSPS) is 14.2. The number of benzene rings is 2. The Morgan fingerprint density at radius 2 is 1.96 bits per heavy atom. The van der Waals surface area contributed by atoms with Crippen molar-refractivity contribution in [2.24, 2.45) is 0 Å². The van der Waals surface area contributed by atoms with E-state index in [4.69, 9.17) is 4.74 Å². The minimum atomic E-state index is -0.955. The lowest BCUT2D eigenvalue weighted by Gasteiger charge is -2.26. The summed E-state index contributed by atoms with van der Waals surface area (Å²) in [6, 6.07) is 7.81. The van der Waals surface area contributed by atoms with Gasteiger partial charge in [0.15, 0.2) is 18.2 Å². The molecule has 0 fully saturated rings. The van der Waals surface area contributed by atoms with Crippen LogP contribution in [-0.4, -0.2) is 30.4 Å². The highest BCUT2D eigenvalue weighted by molar-refractivity contribution is 5.99. The molecule has 0 aliphatic carbocycles. The molecular formula is C18H16F2N2O3. The maximum absolute atomic E-state index is 13.4. The average molecular weight is 346 g/mol. The van der Waals surface area contributed by atoms with Crippen LogP contribution in [0.3, 0.4) is 0 Å². The van der Waals surface area contributed by atoms with Crippen LogP contribution in [-0.2, 0) is 4.79 Å². The number of fused-ring (bicyclic) bond motifs is 1. The fourth-order valence-corrected chi connectivity index (χ4v) is 2.58. The van der Waals surface area contributed by atoms with Crippen LogP contribution in [0.25, 0.3) is 0 Å². The second-order valence-electron chi connectivity index (χ2n) is 5.81. The average Bonchev–Trinajstić information content (AvgIpc) is 2.61. The molecule has 1 N–H and O–H groups in total. The molecule has 130 valence electrons. The number of ether oxygens (including phenoxy) is 1. The Balaban J connectivity index is 1.82. The molecule has 3 rings (SSSR count).